The molecule has 1 amide bonds. The highest BCUT2D eigenvalue weighted by Crippen LogP contribution is 2.16. The summed E-state index contributed by atoms with van der Waals surface area (Å²) in [4.78, 5) is 14.0. The second-order valence-corrected chi connectivity index (χ2v) is 5.80. The maximum absolute atomic E-state index is 13.0. The Hall–Kier alpha value is -2.80. The molecule has 0 aliphatic heterocycles. The molecule has 0 radical (unpaired) electrons. The number of carbonyl (C=O) groups excluding carboxylic acids is 1. The number of para-hydroxylation sites is 1. The average molecular weight is 339 g/mol. The van der Waals surface area contributed by atoms with Crippen LogP contribution in [0.1, 0.15) is 24.0 Å². The number of amides is 1. The van der Waals surface area contributed by atoms with Gasteiger partial charge < -0.3 is 9.64 Å². The Labute approximate surface area is 148 Å². The summed E-state index contributed by atoms with van der Waals surface area (Å²) >= 11 is 0. The zero-order chi connectivity index (χ0) is 18.1. The minimum Gasteiger partial charge on any atom is -0.493 e. The summed E-state index contributed by atoms with van der Waals surface area (Å²) in [5, 5.41) is 0. The van der Waals surface area contributed by atoms with Crippen LogP contribution < -0.4 is 4.74 Å². The summed E-state index contributed by atoms with van der Waals surface area (Å²) < 4.78 is 18.7. The van der Waals surface area contributed by atoms with E-state index >= 15 is 0 Å². The van der Waals surface area contributed by atoms with Gasteiger partial charge in [-0.2, -0.15) is 0 Å². The van der Waals surface area contributed by atoms with Gasteiger partial charge in [-0.15, -0.1) is 6.42 Å². The molecule has 0 saturated carbocycles. The third kappa shape index (κ3) is 5.96. The topological polar surface area (TPSA) is 29.5 Å². The van der Waals surface area contributed by atoms with Crippen molar-refractivity contribution in [3.63, 3.8) is 0 Å². The van der Waals surface area contributed by atoms with E-state index in [1.165, 1.54) is 12.1 Å². The van der Waals surface area contributed by atoms with E-state index in [4.69, 9.17) is 11.2 Å². The average Bonchev–Trinajstić information content (AvgIpc) is 2.61. The Bertz CT molecular complexity index is 734. The van der Waals surface area contributed by atoms with Crippen molar-refractivity contribution in [1.82, 2.24) is 4.90 Å². The molecule has 130 valence electrons. The number of benzene rings is 2. The molecule has 0 unspecified atom stereocenters. The first-order chi connectivity index (χ1) is 12.1. The van der Waals surface area contributed by atoms with Crippen molar-refractivity contribution in [3.05, 3.63) is 65.5 Å². The number of carbonyl (C=O) groups is 1. The van der Waals surface area contributed by atoms with Crippen LogP contribution in [0.3, 0.4) is 0 Å². The summed E-state index contributed by atoms with van der Waals surface area (Å²) in [7, 11) is 0. The summed E-state index contributed by atoms with van der Waals surface area (Å²) in [6.07, 6.45) is 6.33. The van der Waals surface area contributed by atoms with Gasteiger partial charge in [0.15, 0.2) is 0 Å². The minimum atomic E-state index is -0.299. The summed E-state index contributed by atoms with van der Waals surface area (Å²) in [6.45, 7) is 3.06. The Morgan fingerprint density at radius 1 is 1.20 bits per heavy atom. The molecule has 0 saturated heterocycles. The Kier molecular flexibility index (Phi) is 7.03. The first kappa shape index (κ1) is 18.5. The van der Waals surface area contributed by atoms with E-state index < -0.39 is 0 Å². The van der Waals surface area contributed by atoms with Gasteiger partial charge in [0.05, 0.1) is 13.2 Å². The summed E-state index contributed by atoms with van der Waals surface area (Å²) in [5.74, 6) is 3.01. The molecule has 0 heterocycles. The molecule has 2 aromatic carbocycles. The molecule has 0 aromatic heterocycles. The van der Waals surface area contributed by atoms with Crippen LogP contribution in [-0.2, 0) is 11.3 Å². The van der Waals surface area contributed by atoms with Crippen molar-refractivity contribution in [3.8, 4) is 18.1 Å². The van der Waals surface area contributed by atoms with Crippen LogP contribution in [0.15, 0.2) is 48.5 Å². The fraction of sp³-hybridized carbons (Fsp3) is 0.286. The van der Waals surface area contributed by atoms with Crippen molar-refractivity contribution in [2.45, 2.75) is 26.3 Å². The van der Waals surface area contributed by atoms with E-state index in [1.54, 1.807) is 17.0 Å². The summed E-state index contributed by atoms with van der Waals surface area (Å²) in [5.41, 5.74) is 1.92. The molecule has 3 nitrogen and oxygen atoms in total. The largest absolute Gasteiger partial charge is 0.493 e. The number of terminal acetylenes is 1. The SMILES string of the molecule is C#CCN(Cc1ccc(F)cc1)C(=O)CCCOc1ccccc1C. The zero-order valence-corrected chi connectivity index (χ0v) is 14.4. The molecular weight excluding hydrogens is 317 g/mol. The van der Waals surface area contributed by atoms with Crippen molar-refractivity contribution in [1.29, 1.82) is 0 Å². The molecule has 2 aromatic rings. The molecular formula is C21H22FNO2. The third-order valence-corrected chi connectivity index (χ3v) is 3.81. The highest BCUT2D eigenvalue weighted by Gasteiger charge is 2.13. The third-order valence-electron chi connectivity index (χ3n) is 3.81. The molecule has 0 bridgehead atoms. The maximum Gasteiger partial charge on any atom is 0.223 e. The predicted molar refractivity (Wildman–Crippen MR) is 96.6 cm³/mol. The number of hydrogen-bond acceptors (Lipinski definition) is 2. The van der Waals surface area contributed by atoms with Crippen LogP contribution in [0.4, 0.5) is 4.39 Å². The second-order valence-electron chi connectivity index (χ2n) is 5.80. The lowest BCUT2D eigenvalue weighted by molar-refractivity contribution is -0.131. The van der Waals surface area contributed by atoms with E-state index in [2.05, 4.69) is 5.92 Å². The van der Waals surface area contributed by atoms with Crippen LogP contribution in [0, 0.1) is 25.1 Å². The van der Waals surface area contributed by atoms with Gasteiger partial charge in [0.25, 0.3) is 0 Å². The van der Waals surface area contributed by atoms with E-state index in [0.717, 1.165) is 16.9 Å². The van der Waals surface area contributed by atoms with Crippen molar-refractivity contribution >= 4 is 5.91 Å². The minimum absolute atomic E-state index is 0.0318. The molecule has 0 aliphatic rings. The fourth-order valence-corrected chi connectivity index (χ4v) is 2.43. The molecule has 25 heavy (non-hydrogen) atoms. The Morgan fingerprint density at radius 3 is 2.60 bits per heavy atom. The van der Waals surface area contributed by atoms with Crippen molar-refractivity contribution in [2.24, 2.45) is 0 Å². The highest BCUT2D eigenvalue weighted by atomic mass is 19.1. The predicted octanol–water partition coefficient (Wildman–Crippen LogP) is 3.96. The lowest BCUT2D eigenvalue weighted by Crippen LogP contribution is -2.31. The quantitative estimate of drug-likeness (QED) is 0.538. The fourth-order valence-electron chi connectivity index (χ4n) is 2.43. The lowest BCUT2D eigenvalue weighted by atomic mass is 10.2. The highest BCUT2D eigenvalue weighted by molar-refractivity contribution is 5.76. The van der Waals surface area contributed by atoms with Gasteiger partial charge in [-0.05, 0) is 42.7 Å². The van der Waals surface area contributed by atoms with Crippen LogP contribution in [-0.4, -0.2) is 24.0 Å². The van der Waals surface area contributed by atoms with Crippen LogP contribution in [0.5, 0.6) is 5.75 Å². The van der Waals surface area contributed by atoms with Gasteiger partial charge >= 0.3 is 0 Å². The normalized spacial score (nSPS) is 10.1. The molecule has 4 heteroatoms. The number of aryl methyl sites for hydroxylation is 1. The summed E-state index contributed by atoms with van der Waals surface area (Å²) in [6, 6.07) is 13.9. The molecule has 2 rings (SSSR count). The Balaban J connectivity index is 1.82. The van der Waals surface area contributed by atoms with Crippen LogP contribution >= 0.6 is 0 Å². The van der Waals surface area contributed by atoms with Gasteiger partial charge in [0.1, 0.15) is 11.6 Å². The molecule has 0 spiro atoms. The molecule has 0 N–H and O–H groups in total. The van der Waals surface area contributed by atoms with E-state index in [-0.39, 0.29) is 18.3 Å². The van der Waals surface area contributed by atoms with E-state index in [9.17, 15) is 9.18 Å². The van der Waals surface area contributed by atoms with E-state index in [1.807, 2.05) is 31.2 Å². The zero-order valence-electron chi connectivity index (χ0n) is 14.4. The van der Waals surface area contributed by atoms with Gasteiger partial charge in [-0.3, -0.25) is 4.79 Å². The number of nitrogens with zero attached hydrogens (tertiary/aromatic N) is 1. The first-order valence-electron chi connectivity index (χ1n) is 8.24. The van der Waals surface area contributed by atoms with Crippen molar-refractivity contribution < 1.29 is 13.9 Å². The second kappa shape index (κ2) is 9.48. The number of ether oxygens (including phenoxy) is 1. The van der Waals surface area contributed by atoms with Crippen molar-refractivity contribution in [2.75, 3.05) is 13.2 Å². The first-order valence-corrected chi connectivity index (χ1v) is 8.24. The molecule has 0 atom stereocenters. The van der Waals surface area contributed by atoms with Gasteiger partial charge in [-0.1, -0.05) is 36.3 Å². The molecule has 0 fully saturated rings. The smallest absolute Gasteiger partial charge is 0.223 e. The molecule has 0 aliphatic carbocycles. The lowest BCUT2D eigenvalue weighted by Gasteiger charge is -2.20. The van der Waals surface area contributed by atoms with Gasteiger partial charge in [0, 0.05) is 13.0 Å². The number of halogens is 1. The van der Waals surface area contributed by atoms with Crippen LogP contribution in [0.2, 0.25) is 0 Å². The standard InChI is InChI=1S/C21H22FNO2/c1-3-14-23(16-18-10-12-19(22)13-11-18)21(24)9-6-15-25-20-8-5-4-7-17(20)2/h1,4-5,7-8,10-13H,6,9,14-16H2,2H3. The number of rotatable bonds is 8. The van der Waals surface area contributed by atoms with Gasteiger partial charge in [0.2, 0.25) is 5.91 Å². The van der Waals surface area contributed by atoms with Gasteiger partial charge in [-0.25, -0.2) is 4.39 Å². The monoisotopic (exact) mass is 339 g/mol. The maximum atomic E-state index is 13.0. The van der Waals surface area contributed by atoms with E-state index in [0.29, 0.717) is 26.0 Å². The number of hydrogen-bond donors (Lipinski definition) is 0. The Morgan fingerprint density at radius 2 is 1.92 bits per heavy atom. The van der Waals surface area contributed by atoms with Crippen LogP contribution in [0.25, 0.3) is 0 Å².